The Bertz CT molecular complexity index is 471. The van der Waals surface area contributed by atoms with Crippen LogP contribution in [0.4, 0.5) is 0 Å². The van der Waals surface area contributed by atoms with Crippen molar-refractivity contribution in [2.45, 2.75) is 70.4 Å². The predicted molar refractivity (Wildman–Crippen MR) is 85.4 cm³/mol. The molecule has 2 aliphatic carbocycles. The molecular formula is C17H25BrO3. The number of ether oxygens (including phenoxy) is 2. The Labute approximate surface area is 135 Å². The zero-order valence-corrected chi connectivity index (χ0v) is 14.7. The minimum Gasteiger partial charge on any atom is -0.344 e. The molecule has 0 radical (unpaired) electrons. The summed E-state index contributed by atoms with van der Waals surface area (Å²) in [5.74, 6) is 0.149. The zero-order chi connectivity index (χ0) is 15.3. The standard InChI is InChI=1S/C17H25BrO3/c1-11(19)13-7-8-15-17(21-16(2,3)20-15)12(9-10-18)5-4-6-14(13)17/h9,13-15H,4-8,10H2,1-3H3/b12-9+/t13-,14?,15+,17-/m0/s1. The van der Waals surface area contributed by atoms with Gasteiger partial charge in [0, 0.05) is 17.2 Å². The van der Waals surface area contributed by atoms with Gasteiger partial charge in [-0.05, 0) is 58.4 Å². The first-order valence-electron chi connectivity index (χ1n) is 8.04. The van der Waals surface area contributed by atoms with Crippen LogP contribution in [0, 0.1) is 11.8 Å². The van der Waals surface area contributed by atoms with Crippen LogP contribution in [0.15, 0.2) is 11.6 Å². The van der Waals surface area contributed by atoms with Gasteiger partial charge in [-0.15, -0.1) is 0 Å². The number of allylic oxidation sites excluding steroid dienone is 1. The molecule has 0 amide bonds. The number of ketones is 1. The molecule has 2 saturated carbocycles. The average Bonchev–Trinajstić information content (AvgIpc) is 2.68. The Balaban J connectivity index is 2.07. The summed E-state index contributed by atoms with van der Waals surface area (Å²) < 4.78 is 12.8. The summed E-state index contributed by atoms with van der Waals surface area (Å²) in [6, 6.07) is 0. The second kappa shape index (κ2) is 5.47. The zero-order valence-electron chi connectivity index (χ0n) is 13.2. The van der Waals surface area contributed by atoms with Gasteiger partial charge >= 0.3 is 0 Å². The molecule has 1 saturated heterocycles. The fraction of sp³-hybridized carbons (Fsp3) is 0.824. The number of Topliss-reactive ketones (excluding diaryl/α,β-unsaturated/α-hetero) is 1. The van der Waals surface area contributed by atoms with Gasteiger partial charge in [0.1, 0.15) is 11.4 Å². The highest BCUT2D eigenvalue weighted by molar-refractivity contribution is 9.09. The van der Waals surface area contributed by atoms with Gasteiger partial charge in [-0.2, -0.15) is 0 Å². The molecule has 21 heavy (non-hydrogen) atoms. The van der Waals surface area contributed by atoms with Gasteiger partial charge in [-0.1, -0.05) is 22.0 Å². The Hall–Kier alpha value is -0.190. The summed E-state index contributed by atoms with van der Waals surface area (Å²) in [6.45, 7) is 5.74. The Morgan fingerprint density at radius 2 is 2.14 bits per heavy atom. The van der Waals surface area contributed by atoms with E-state index in [1.165, 1.54) is 5.57 Å². The third-order valence-electron chi connectivity index (χ3n) is 5.40. The van der Waals surface area contributed by atoms with E-state index in [1.807, 2.05) is 13.8 Å². The maximum atomic E-state index is 12.1. The van der Waals surface area contributed by atoms with Crippen molar-refractivity contribution in [1.82, 2.24) is 0 Å². The van der Waals surface area contributed by atoms with Gasteiger partial charge in [-0.25, -0.2) is 0 Å². The third kappa shape index (κ3) is 2.43. The minimum absolute atomic E-state index is 0.0960. The fourth-order valence-corrected chi connectivity index (χ4v) is 5.21. The van der Waals surface area contributed by atoms with Crippen molar-refractivity contribution in [3.63, 3.8) is 0 Å². The predicted octanol–water partition coefficient (Wildman–Crippen LogP) is 4.00. The number of hydrogen-bond donors (Lipinski definition) is 0. The van der Waals surface area contributed by atoms with Crippen molar-refractivity contribution >= 4 is 21.7 Å². The van der Waals surface area contributed by atoms with Crippen molar-refractivity contribution in [3.05, 3.63) is 11.6 Å². The average molecular weight is 357 g/mol. The summed E-state index contributed by atoms with van der Waals surface area (Å²) in [5.41, 5.74) is 0.974. The van der Waals surface area contributed by atoms with Gasteiger partial charge in [0.15, 0.2) is 5.79 Å². The van der Waals surface area contributed by atoms with E-state index < -0.39 is 5.79 Å². The van der Waals surface area contributed by atoms with Crippen LogP contribution in [0.5, 0.6) is 0 Å². The number of halogens is 1. The van der Waals surface area contributed by atoms with Crippen LogP contribution in [0.3, 0.4) is 0 Å². The van der Waals surface area contributed by atoms with Crippen LogP contribution < -0.4 is 0 Å². The van der Waals surface area contributed by atoms with Gasteiger partial charge in [0.25, 0.3) is 0 Å². The lowest BCUT2D eigenvalue weighted by atomic mass is 9.58. The molecular weight excluding hydrogens is 332 g/mol. The maximum Gasteiger partial charge on any atom is 0.164 e. The molecule has 3 fully saturated rings. The number of alkyl halides is 1. The number of rotatable bonds is 2. The smallest absolute Gasteiger partial charge is 0.164 e. The fourth-order valence-electron chi connectivity index (χ4n) is 4.82. The molecule has 1 heterocycles. The minimum atomic E-state index is -0.558. The molecule has 1 spiro atoms. The van der Waals surface area contributed by atoms with E-state index >= 15 is 0 Å². The summed E-state index contributed by atoms with van der Waals surface area (Å²) in [4.78, 5) is 12.1. The summed E-state index contributed by atoms with van der Waals surface area (Å²) in [7, 11) is 0. The number of carbonyl (C=O) groups is 1. The monoisotopic (exact) mass is 356 g/mol. The molecule has 1 aliphatic heterocycles. The molecule has 0 aromatic rings. The quantitative estimate of drug-likeness (QED) is 0.554. The van der Waals surface area contributed by atoms with Crippen molar-refractivity contribution in [3.8, 4) is 0 Å². The van der Waals surface area contributed by atoms with Crippen molar-refractivity contribution in [1.29, 1.82) is 0 Å². The molecule has 0 N–H and O–H groups in total. The summed E-state index contributed by atoms with van der Waals surface area (Å²) in [6.07, 6.45) is 7.47. The second-order valence-corrected chi connectivity index (χ2v) is 7.73. The molecule has 4 heteroatoms. The Morgan fingerprint density at radius 1 is 1.38 bits per heavy atom. The molecule has 0 aromatic carbocycles. The first kappa shape index (κ1) is 15.7. The van der Waals surface area contributed by atoms with Crippen molar-refractivity contribution < 1.29 is 14.3 Å². The third-order valence-corrected chi connectivity index (χ3v) is 5.73. The SMILES string of the molecule is CC(=O)[C@@H]1CC[C@H]2OC(C)(C)O[C@]23/C(=C/CBr)CCCC13. The van der Waals surface area contributed by atoms with E-state index in [1.54, 1.807) is 6.92 Å². The largest absolute Gasteiger partial charge is 0.344 e. The van der Waals surface area contributed by atoms with E-state index in [0.717, 1.165) is 37.4 Å². The molecule has 0 bridgehead atoms. The lowest BCUT2D eigenvalue weighted by Crippen LogP contribution is -2.57. The van der Waals surface area contributed by atoms with Crippen LogP contribution in [0.2, 0.25) is 0 Å². The van der Waals surface area contributed by atoms with Crippen LogP contribution in [-0.4, -0.2) is 28.6 Å². The van der Waals surface area contributed by atoms with E-state index in [9.17, 15) is 4.79 Å². The highest BCUT2D eigenvalue weighted by Gasteiger charge is 2.63. The Kier molecular flexibility index (Phi) is 4.09. The first-order chi connectivity index (χ1) is 9.90. The van der Waals surface area contributed by atoms with Crippen LogP contribution in [0.25, 0.3) is 0 Å². The number of hydrogen-bond acceptors (Lipinski definition) is 3. The molecule has 118 valence electrons. The van der Waals surface area contributed by atoms with Crippen LogP contribution >= 0.6 is 15.9 Å². The van der Waals surface area contributed by atoms with E-state index in [-0.39, 0.29) is 23.5 Å². The normalized spacial score (nSPS) is 43.4. The van der Waals surface area contributed by atoms with E-state index in [0.29, 0.717) is 5.78 Å². The highest BCUT2D eigenvalue weighted by atomic mass is 79.9. The van der Waals surface area contributed by atoms with Gasteiger partial charge in [0.2, 0.25) is 0 Å². The Morgan fingerprint density at radius 3 is 2.81 bits per heavy atom. The molecule has 0 aromatic heterocycles. The molecule has 3 aliphatic rings. The topological polar surface area (TPSA) is 35.5 Å². The van der Waals surface area contributed by atoms with E-state index in [4.69, 9.17) is 9.47 Å². The number of carbonyl (C=O) groups excluding carboxylic acids is 1. The summed E-state index contributed by atoms with van der Waals surface area (Å²) >= 11 is 3.53. The van der Waals surface area contributed by atoms with Crippen molar-refractivity contribution in [2.75, 3.05) is 5.33 Å². The molecule has 3 rings (SSSR count). The second-order valence-electron chi connectivity index (χ2n) is 7.08. The van der Waals surface area contributed by atoms with Crippen molar-refractivity contribution in [2.24, 2.45) is 11.8 Å². The summed E-state index contributed by atoms with van der Waals surface area (Å²) in [5, 5.41) is 0.831. The van der Waals surface area contributed by atoms with Crippen LogP contribution in [0.1, 0.15) is 52.9 Å². The first-order valence-corrected chi connectivity index (χ1v) is 9.17. The van der Waals surface area contributed by atoms with Gasteiger partial charge in [0.05, 0.1) is 6.10 Å². The van der Waals surface area contributed by atoms with Gasteiger partial charge in [-0.3, -0.25) is 4.79 Å². The lowest BCUT2D eigenvalue weighted by molar-refractivity contribution is -0.173. The molecule has 3 nitrogen and oxygen atoms in total. The highest BCUT2D eigenvalue weighted by Crippen LogP contribution is 2.58. The lowest BCUT2D eigenvalue weighted by Gasteiger charge is -2.51. The van der Waals surface area contributed by atoms with Gasteiger partial charge < -0.3 is 9.47 Å². The molecule has 1 unspecified atom stereocenters. The molecule has 4 atom stereocenters. The van der Waals surface area contributed by atoms with E-state index in [2.05, 4.69) is 22.0 Å². The maximum absolute atomic E-state index is 12.1. The van der Waals surface area contributed by atoms with Crippen LogP contribution in [-0.2, 0) is 14.3 Å².